The minimum atomic E-state index is 0.750. The Bertz CT molecular complexity index is 560. The largest absolute Gasteiger partial charge is 0.446 e. The standard InChI is InChI=1S/2C6H9NO.C6H6/c2*1-4-5(2)8-6(3)7-4;1-2-4-6-5-3-1/h2*1-3H3;1-6H. The summed E-state index contributed by atoms with van der Waals surface area (Å²) in [5, 5.41) is 0. The lowest BCUT2D eigenvalue weighted by atomic mass is 10.4. The van der Waals surface area contributed by atoms with Crippen LogP contribution in [0.25, 0.3) is 0 Å². The lowest BCUT2D eigenvalue weighted by Gasteiger charge is -1.77. The Kier molecular flexibility index (Phi) is 7.09. The van der Waals surface area contributed by atoms with Gasteiger partial charge in [0.15, 0.2) is 11.8 Å². The van der Waals surface area contributed by atoms with Gasteiger partial charge in [-0.25, -0.2) is 9.97 Å². The fourth-order valence-electron chi connectivity index (χ4n) is 1.65. The van der Waals surface area contributed by atoms with Crippen LogP contribution in [0.4, 0.5) is 0 Å². The molecule has 0 amide bonds. The van der Waals surface area contributed by atoms with Gasteiger partial charge in [-0.1, -0.05) is 36.4 Å². The molecule has 1 aromatic carbocycles. The van der Waals surface area contributed by atoms with E-state index < -0.39 is 0 Å². The smallest absolute Gasteiger partial charge is 0.191 e. The number of oxazole rings is 2. The Morgan fingerprint density at radius 2 is 0.818 bits per heavy atom. The molecule has 0 spiro atoms. The normalized spacial score (nSPS) is 9.36. The highest BCUT2D eigenvalue weighted by molar-refractivity contribution is 5.04. The fraction of sp³-hybridized carbons (Fsp3) is 0.333. The molecule has 0 radical (unpaired) electrons. The third-order valence-corrected chi connectivity index (χ3v) is 2.94. The van der Waals surface area contributed by atoms with Gasteiger partial charge < -0.3 is 8.83 Å². The van der Waals surface area contributed by atoms with Crippen LogP contribution in [0.1, 0.15) is 34.7 Å². The van der Waals surface area contributed by atoms with Crippen molar-refractivity contribution in [2.75, 3.05) is 0 Å². The summed E-state index contributed by atoms with van der Waals surface area (Å²) in [7, 11) is 0. The summed E-state index contributed by atoms with van der Waals surface area (Å²) in [5.74, 6) is 3.34. The highest BCUT2D eigenvalue weighted by Gasteiger charge is 1.98. The van der Waals surface area contributed by atoms with Crippen molar-refractivity contribution in [3.63, 3.8) is 0 Å². The first-order valence-corrected chi connectivity index (χ1v) is 7.21. The molecule has 0 saturated carbocycles. The van der Waals surface area contributed by atoms with Crippen molar-refractivity contribution >= 4 is 0 Å². The first kappa shape index (κ1) is 17.7. The summed E-state index contributed by atoms with van der Waals surface area (Å²) in [6.07, 6.45) is 0. The number of benzene rings is 1. The molecular formula is C18H24N2O2. The molecule has 118 valence electrons. The predicted octanol–water partition coefficient (Wildman–Crippen LogP) is 4.89. The average Bonchev–Trinajstić information content (AvgIpc) is 2.93. The molecule has 4 nitrogen and oxygen atoms in total. The molecule has 0 aliphatic rings. The van der Waals surface area contributed by atoms with Gasteiger partial charge in [-0.3, -0.25) is 0 Å². The van der Waals surface area contributed by atoms with Crippen molar-refractivity contribution < 1.29 is 8.83 Å². The summed E-state index contributed by atoms with van der Waals surface area (Å²) in [4.78, 5) is 8.09. The fourth-order valence-corrected chi connectivity index (χ4v) is 1.65. The van der Waals surface area contributed by atoms with Gasteiger partial charge in [-0.2, -0.15) is 0 Å². The molecule has 0 N–H and O–H groups in total. The first-order valence-electron chi connectivity index (χ1n) is 7.21. The molecular weight excluding hydrogens is 276 g/mol. The summed E-state index contributed by atoms with van der Waals surface area (Å²) in [5.41, 5.74) is 1.98. The van der Waals surface area contributed by atoms with Crippen molar-refractivity contribution in [2.45, 2.75) is 41.5 Å². The second-order valence-electron chi connectivity index (χ2n) is 4.90. The van der Waals surface area contributed by atoms with Gasteiger partial charge in [0.1, 0.15) is 11.5 Å². The Labute approximate surface area is 132 Å². The van der Waals surface area contributed by atoms with Crippen LogP contribution in [0.15, 0.2) is 45.2 Å². The van der Waals surface area contributed by atoms with E-state index in [2.05, 4.69) is 9.97 Å². The van der Waals surface area contributed by atoms with E-state index in [-0.39, 0.29) is 0 Å². The third-order valence-electron chi connectivity index (χ3n) is 2.94. The summed E-state index contributed by atoms with van der Waals surface area (Å²) in [6.45, 7) is 11.4. The maximum absolute atomic E-state index is 5.10. The molecule has 22 heavy (non-hydrogen) atoms. The Morgan fingerprint density at radius 1 is 0.545 bits per heavy atom. The van der Waals surface area contributed by atoms with Crippen molar-refractivity contribution in [3.8, 4) is 0 Å². The molecule has 0 fully saturated rings. The quantitative estimate of drug-likeness (QED) is 0.593. The van der Waals surface area contributed by atoms with Gasteiger partial charge in [0.05, 0.1) is 11.4 Å². The second kappa shape index (κ2) is 8.82. The highest BCUT2D eigenvalue weighted by Crippen LogP contribution is 2.06. The summed E-state index contributed by atoms with van der Waals surface area (Å²) < 4.78 is 10.2. The number of aryl methyl sites for hydroxylation is 6. The van der Waals surface area contributed by atoms with Gasteiger partial charge in [0.2, 0.25) is 0 Å². The van der Waals surface area contributed by atoms with Crippen LogP contribution in [0, 0.1) is 41.5 Å². The van der Waals surface area contributed by atoms with Gasteiger partial charge in [-0.15, -0.1) is 0 Å². The molecule has 0 atom stereocenters. The van der Waals surface area contributed by atoms with Crippen molar-refractivity contribution in [3.05, 3.63) is 71.1 Å². The van der Waals surface area contributed by atoms with E-state index in [0.29, 0.717) is 0 Å². The lowest BCUT2D eigenvalue weighted by Crippen LogP contribution is -1.71. The Morgan fingerprint density at radius 3 is 0.909 bits per heavy atom. The van der Waals surface area contributed by atoms with Crippen LogP contribution in [0.3, 0.4) is 0 Å². The van der Waals surface area contributed by atoms with Crippen LogP contribution in [0.2, 0.25) is 0 Å². The lowest BCUT2D eigenvalue weighted by molar-refractivity contribution is 0.493. The van der Waals surface area contributed by atoms with Gasteiger partial charge in [0, 0.05) is 13.8 Å². The second-order valence-corrected chi connectivity index (χ2v) is 4.90. The van der Waals surface area contributed by atoms with E-state index in [4.69, 9.17) is 8.83 Å². The molecule has 0 bridgehead atoms. The number of nitrogens with zero attached hydrogens (tertiary/aromatic N) is 2. The van der Waals surface area contributed by atoms with Gasteiger partial charge in [0.25, 0.3) is 0 Å². The first-order chi connectivity index (χ1) is 10.4. The maximum Gasteiger partial charge on any atom is 0.191 e. The van der Waals surface area contributed by atoms with Crippen molar-refractivity contribution in [1.29, 1.82) is 0 Å². The van der Waals surface area contributed by atoms with E-state index in [1.165, 1.54) is 0 Å². The molecule has 0 aliphatic heterocycles. The van der Waals surface area contributed by atoms with Crippen LogP contribution in [0.5, 0.6) is 0 Å². The molecule has 0 aliphatic carbocycles. The predicted molar refractivity (Wildman–Crippen MR) is 87.9 cm³/mol. The SMILES string of the molecule is Cc1nc(C)c(C)o1.Cc1nc(C)c(C)o1.c1ccccc1. The van der Waals surface area contributed by atoms with Crippen molar-refractivity contribution in [1.82, 2.24) is 9.97 Å². The zero-order valence-corrected chi connectivity index (χ0v) is 14.2. The topological polar surface area (TPSA) is 52.1 Å². The Balaban J connectivity index is 0.000000167. The number of rotatable bonds is 0. The van der Waals surface area contributed by atoms with Crippen LogP contribution < -0.4 is 0 Å². The zero-order valence-electron chi connectivity index (χ0n) is 14.2. The molecule has 2 aromatic heterocycles. The number of hydrogen-bond donors (Lipinski definition) is 0. The van der Waals surface area contributed by atoms with E-state index >= 15 is 0 Å². The number of aromatic nitrogens is 2. The van der Waals surface area contributed by atoms with Crippen molar-refractivity contribution in [2.24, 2.45) is 0 Å². The third kappa shape index (κ3) is 6.39. The molecule has 4 heteroatoms. The highest BCUT2D eigenvalue weighted by atomic mass is 16.4. The van der Waals surface area contributed by atoms with E-state index in [1.54, 1.807) is 0 Å². The number of hydrogen-bond acceptors (Lipinski definition) is 4. The van der Waals surface area contributed by atoms with E-state index in [0.717, 1.165) is 34.7 Å². The minimum absolute atomic E-state index is 0.750. The van der Waals surface area contributed by atoms with Crippen LogP contribution in [-0.2, 0) is 0 Å². The monoisotopic (exact) mass is 300 g/mol. The van der Waals surface area contributed by atoms with Gasteiger partial charge in [-0.05, 0) is 27.7 Å². The Hall–Kier alpha value is -2.36. The molecule has 3 rings (SSSR count). The maximum atomic E-state index is 5.10. The molecule has 0 saturated heterocycles. The summed E-state index contributed by atoms with van der Waals surface area (Å²) in [6, 6.07) is 12.0. The minimum Gasteiger partial charge on any atom is -0.446 e. The molecule has 3 aromatic rings. The molecule has 2 heterocycles. The molecule has 0 unspecified atom stereocenters. The zero-order chi connectivity index (χ0) is 16.5. The van der Waals surface area contributed by atoms with E-state index in [9.17, 15) is 0 Å². The average molecular weight is 300 g/mol. The van der Waals surface area contributed by atoms with Gasteiger partial charge >= 0.3 is 0 Å². The van der Waals surface area contributed by atoms with E-state index in [1.807, 2.05) is 77.9 Å². The van der Waals surface area contributed by atoms with Crippen LogP contribution in [-0.4, -0.2) is 9.97 Å². The van der Waals surface area contributed by atoms with Crippen LogP contribution >= 0.6 is 0 Å². The summed E-state index contributed by atoms with van der Waals surface area (Å²) >= 11 is 0.